The fourth-order valence-electron chi connectivity index (χ4n) is 3.28. The van der Waals surface area contributed by atoms with Gasteiger partial charge < -0.3 is 10.1 Å². The van der Waals surface area contributed by atoms with Gasteiger partial charge >= 0.3 is 0 Å². The van der Waals surface area contributed by atoms with Gasteiger partial charge in [0.25, 0.3) is 0 Å². The third kappa shape index (κ3) is 6.49. The first-order chi connectivity index (χ1) is 14.3. The van der Waals surface area contributed by atoms with E-state index in [1.165, 1.54) is 25.7 Å². The minimum Gasteiger partial charge on any atom is -0.494 e. The van der Waals surface area contributed by atoms with Crippen LogP contribution in [0.15, 0.2) is 72.8 Å². The fourth-order valence-corrected chi connectivity index (χ4v) is 3.28. The first kappa shape index (κ1) is 20.7. The molecule has 0 aliphatic heterocycles. The molecule has 0 heterocycles. The van der Waals surface area contributed by atoms with E-state index in [0.717, 1.165) is 40.8 Å². The molecule has 3 aromatic carbocycles. The minimum atomic E-state index is -0.150. The predicted octanol–water partition coefficient (Wildman–Crippen LogP) is 6.84. The Kier molecular flexibility index (Phi) is 7.88. The number of benzene rings is 3. The van der Waals surface area contributed by atoms with Gasteiger partial charge in [-0.1, -0.05) is 75.1 Å². The number of rotatable bonds is 10. The number of ether oxygens (including phenoxy) is 1. The lowest BCUT2D eigenvalue weighted by Crippen LogP contribution is -2.07. The Hall–Kier alpha value is -3.07. The summed E-state index contributed by atoms with van der Waals surface area (Å²) in [5.41, 5.74) is 1.79. The van der Waals surface area contributed by atoms with Crippen LogP contribution in [-0.2, 0) is 4.79 Å². The molecule has 0 aromatic heterocycles. The SMILES string of the molecule is CCCCCCCOc1ccc(NC(=O)/C=C/c2cccc3ccccc23)cc1. The van der Waals surface area contributed by atoms with Gasteiger partial charge in [-0.2, -0.15) is 0 Å². The largest absolute Gasteiger partial charge is 0.494 e. The van der Waals surface area contributed by atoms with Gasteiger partial charge in [0, 0.05) is 11.8 Å². The smallest absolute Gasteiger partial charge is 0.248 e. The van der Waals surface area contributed by atoms with Crippen molar-refractivity contribution in [1.29, 1.82) is 0 Å². The summed E-state index contributed by atoms with van der Waals surface area (Å²) in [5, 5.41) is 5.19. The fraction of sp³-hybridized carbons (Fsp3) is 0.269. The summed E-state index contributed by atoms with van der Waals surface area (Å²) in [7, 11) is 0. The lowest BCUT2D eigenvalue weighted by Gasteiger charge is -2.07. The van der Waals surface area contributed by atoms with Gasteiger partial charge in [-0.15, -0.1) is 0 Å². The van der Waals surface area contributed by atoms with Crippen LogP contribution in [0.2, 0.25) is 0 Å². The summed E-state index contributed by atoms with van der Waals surface area (Å²) in [5.74, 6) is 0.687. The van der Waals surface area contributed by atoms with Crippen LogP contribution in [0, 0.1) is 0 Å². The second-order valence-corrected chi connectivity index (χ2v) is 7.18. The van der Waals surface area contributed by atoms with Crippen LogP contribution in [0.1, 0.15) is 44.6 Å². The minimum absolute atomic E-state index is 0.150. The van der Waals surface area contributed by atoms with Crippen LogP contribution in [-0.4, -0.2) is 12.5 Å². The monoisotopic (exact) mass is 387 g/mol. The van der Waals surface area contributed by atoms with Crippen molar-refractivity contribution in [2.45, 2.75) is 39.0 Å². The molecule has 0 bridgehead atoms. The number of hydrogen-bond acceptors (Lipinski definition) is 2. The van der Waals surface area contributed by atoms with Gasteiger partial charge in [0.15, 0.2) is 0 Å². The number of hydrogen-bond donors (Lipinski definition) is 1. The van der Waals surface area contributed by atoms with Gasteiger partial charge in [-0.3, -0.25) is 4.79 Å². The van der Waals surface area contributed by atoms with Crippen LogP contribution in [0.5, 0.6) is 5.75 Å². The zero-order valence-corrected chi connectivity index (χ0v) is 17.1. The Balaban J connectivity index is 1.49. The molecule has 0 spiro atoms. The van der Waals surface area contributed by atoms with Gasteiger partial charge in [0.05, 0.1) is 6.61 Å². The van der Waals surface area contributed by atoms with E-state index in [2.05, 4.69) is 30.4 Å². The predicted molar refractivity (Wildman–Crippen MR) is 122 cm³/mol. The number of nitrogens with one attached hydrogen (secondary N) is 1. The molecular weight excluding hydrogens is 358 g/mol. The number of unbranched alkanes of at least 4 members (excludes halogenated alkanes) is 4. The van der Waals surface area contributed by atoms with Crippen molar-refractivity contribution in [2.75, 3.05) is 11.9 Å². The van der Waals surface area contributed by atoms with Gasteiger partial charge in [0.2, 0.25) is 5.91 Å². The van der Waals surface area contributed by atoms with Crippen LogP contribution in [0.4, 0.5) is 5.69 Å². The third-order valence-electron chi connectivity index (χ3n) is 4.88. The molecule has 1 amide bonds. The van der Waals surface area contributed by atoms with Crippen LogP contribution in [0.25, 0.3) is 16.8 Å². The second kappa shape index (κ2) is 11.1. The summed E-state index contributed by atoms with van der Waals surface area (Å²) in [6.45, 7) is 2.96. The molecule has 0 saturated heterocycles. The number of carbonyl (C=O) groups is 1. The van der Waals surface area contributed by atoms with E-state index in [0.29, 0.717) is 0 Å². The molecule has 3 aromatic rings. The molecule has 1 N–H and O–H groups in total. The van der Waals surface area contributed by atoms with E-state index in [4.69, 9.17) is 4.74 Å². The maximum atomic E-state index is 12.3. The van der Waals surface area contributed by atoms with Crippen LogP contribution >= 0.6 is 0 Å². The number of anilines is 1. The molecule has 0 aliphatic rings. The number of amides is 1. The van der Waals surface area contributed by atoms with Crippen molar-refractivity contribution in [3.63, 3.8) is 0 Å². The Morgan fingerprint density at radius 2 is 1.66 bits per heavy atom. The molecule has 0 fully saturated rings. The second-order valence-electron chi connectivity index (χ2n) is 7.18. The quantitative estimate of drug-likeness (QED) is 0.305. The van der Waals surface area contributed by atoms with Gasteiger partial charge in [-0.05, 0) is 53.1 Å². The average Bonchev–Trinajstić information content (AvgIpc) is 2.76. The van der Waals surface area contributed by atoms with E-state index in [-0.39, 0.29) is 5.91 Å². The Bertz CT molecular complexity index is 939. The van der Waals surface area contributed by atoms with E-state index in [1.54, 1.807) is 6.08 Å². The van der Waals surface area contributed by atoms with Crippen LogP contribution in [0.3, 0.4) is 0 Å². The van der Waals surface area contributed by atoms with Crippen molar-refractivity contribution in [2.24, 2.45) is 0 Å². The van der Waals surface area contributed by atoms with Crippen molar-refractivity contribution < 1.29 is 9.53 Å². The number of carbonyl (C=O) groups excluding carboxylic acids is 1. The molecule has 3 rings (SSSR count). The van der Waals surface area contributed by atoms with E-state index in [1.807, 2.05) is 54.6 Å². The average molecular weight is 388 g/mol. The highest BCUT2D eigenvalue weighted by Crippen LogP contribution is 2.20. The maximum absolute atomic E-state index is 12.3. The van der Waals surface area contributed by atoms with Crippen molar-refractivity contribution in [1.82, 2.24) is 0 Å². The topological polar surface area (TPSA) is 38.3 Å². The lowest BCUT2D eigenvalue weighted by atomic mass is 10.0. The Morgan fingerprint density at radius 1 is 0.897 bits per heavy atom. The summed E-state index contributed by atoms with van der Waals surface area (Å²) in [6, 6.07) is 21.8. The summed E-state index contributed by atoms with van der Waals surface area (Å²) >= 11 is 0. The molecule has 150 valence electrons. The first-order valence-electron chi connectivity index (χ1n) is 10.5. The molecule has 0 unspecified atom stereocenters. The van der Waals surface area contributed by atoms with Crippen molar-refractivity contribution in [3.05, 3.63) is 78.4 Å². The van der Waals surface area contributed by atoms with Crippen LogP contribution < -0.4 is 10.1 Å². The van der Waals surface area contributed by atoms with E-state index in [9.17, 15) is 4.79 Å². The standard InChI is InChI=1S/C26H29NO2/c1-2-3-4-5-8-20-29-24-17-15-23(16-18-24)27-26(28)19-14-22-12-9-11-21-10-6-7-13-25(21)22/h6-7,9-19H,2-5,8,20H2,1H3,(H,27,28)/b19-14+. The van der Waals surface area contributed by atoms with E-state index >= 15 is 0 Å². The zero-order valence-electron chi connectivity index (χ0n) is 17.1. The zero-order chi connectivity index (χ0) is 20.3. The molecule has 0 saturated carbocycles. The first-order valence-corrected chi connectivity index (χ1v) is 10.5. The van der Waals surface area contributed by atoms with E-state index < -0.39 is 0 Å². The van der Waals surface area contributed by atoms with Gasteiger partial charge in [-0.25, -0.2) is 0 Å². The number of fused-ring (bicyclic) bond motifs is 1. The third-order valence-corrected chi connectivity index (χ3v) is 4.88. The van der Waals surface area contributed by atoms with Gasteiger partial charge in [0.1, 0.15) is 5.75 Å². The maximum Gasteiger partial charge on any atom is 0.248 e. The highest BCUT2D eigenvalue weighted by Gasteiger charge is 2.01. The molecule has 0 atom stereocenters. The summed E-state index contributed by atoms with van der Waals surface area (Å²) < 4.78 is 5.77. The normalized spacial score (nSPS) is 11.1. The molecule has 29 heavy (non-hydrogen) atoms. The molecule has 0 aliphatic carbocycles. The molecule has 0 radical (unpaired) electrons. The lowest BCUT2D eigenvalue weighted by molar-refractivity contribution is -0.111. The molecule has 3 nitrogen and oxygen atoms in total. The van der Waals surface area contributed by atoms with Crippen molar-refractivity contribution >= 4 is 28.4 Å². The summed E-state index contributed by atoms with van der Waals surface area (Å²) in [6.07, 6.45) is 9.55. The highest BCUT2D eigenvalue weighted by atomic mass is 16.5. The highest BCUT2D eigenvalue weighted by molar-refractivity contribution is 6.03. The Labute approximate surface area is 173 Å². The molecule has 3 heteroatoms. The Morgan fingerprint density at radius 3 is 2.48 bits per heavy atom. The van der Waals surface area contributed by atoms with Crippen molar-refractivity contribution in [3.8, 4) is 5.75 Å². The summed E-state index contributed by atoms with van der Waals surface area (Å²) in [4.78, 5) is 12.3. The molecular formula is C26H29NO2.